The molecule has 0 aliphatic carbocycles. The zero-order chi connectivity index (χ0) is 16.0. The van der Waals surface area contributed by atoms with Gasteiger partial charge in [-0.3, -0.25) is 0 Å². The summed E-state index contributed by atoms with van der Waals surface area (Å²) >= 11 is 0. The molecule has 3 aromatic rings. The zero-order valence-corrected chi connectivity index (χ0v) is 16.8. The van der Waals surface area contributed by atoms with Crippen molar-refractivity contribution in [3.63, 3.8) is 0 Å². The Morgan fingerprint density at radius 2 is 0.958 bits per heavy atom. The molecule has 0 aromatic heterocycles. The van der Waals surface area contributed by atoms with E-state index >= 15 is 0 Å². The maximum Gasteiger partial charge on any atom is 0.149 e. The van der Waals surface area contributed by atoms with Gasteiger partial charge in [-0.25, -0.2) is 0 Å². The first-order valence-electron chi connectivity index (χ1n) is 8.05. The Bertz CT molecular complexity index is 682. The van der Waals surface area contributed by atoms with Gasteiger partial charge in [0.25, 0.3) is 0 Å². The van der Waals surface area contributed by atoms with Crippen LogP contribution in [0.3, 0.4) is 0 Å². The third-order valence-electron chi connectivity index (χ3n) is 3.76. The van der Waals surface area contributed by atoms with E-state index in [1.54, 1.807) is 0 Å². The molecule has 0 saturated carbocycles. The highest BCUT2D eigenvalue weighted by Gasteiger charge is 2.34. The molecule has 0 saturated heterocycles. The molecule has 0 N–H and O–H groups in total. The lowest BCUT2D eigenvalue weighted by molar-refractivity contribution is -0.00000473. The van der Waals surface area contributed by atoms with Crippen molar-refractivity contribution in [2.75, 3.05) is 6.54 Å². The summed E-state index contributed by atoms with van der Waals surface area (Å²) in [5, 5.41) is 0. The highest BCUT2D eigenvalue weighted by molar-refractivity contribution is 8.05. The SMILES string of the molecule is CCCN=[S+](c1ccccc1)(c1ccccc1)c1ccccc1.[I-]. The minimum atomic E-state index is -1.57. The van der Waals surface area contributed by atoms with Crippen molar-refractivity contribution < 1.29 is 24.0 Å². The standard InChI is InChI=1S/C21H22NS.HI/c1-2-18-22-23(19-12-6-3-7-13-19,20-14-8-4-9-15-20)21-16-10-5-11-17-21;/h3-17H,2,18H2,1H3;1H/q+1;/p-1. The summed E-state index contributed by atoms with van der Waals surface area (Å²) in [6.45, 7) is 3.06. The van der Waals surface area contributed by atoms with Crippen LogP contribution in [0.2, 0.25) is 0 Å². The number of benzene rings is 3. The summed E-state index contributed by atoms with van der Waals surface area (Å²) in [5.41, 5.74) is 0. The van der Waals surface area contributed by atoms with Crippen LogP contribution in [0.4, 0.5) is 0 Å². The van der Waals surface area contributed by atoms with E-state index in [0.717, 1.165) is 13.0 Å². The molecule has 0 spiro atoms. The van der Waals surface area contributed by atoms with Crippen molar-refractivity contribution >= 4 is 9.82 Å². The van der Waals surface area contributed by atoms with E-state index in [1.807, 2.05) is 0 Å². The molecule has 0 radical (unpaired) electrons. The summed E-state index contributed by atoms with van der Waals surface area (Å²) in [6, 6.07) is 32.2. The number of hydrogen-bond donors (Lipinski definition) is 0. The zero-order valence-electron chi connectivity index (χ0n) is 13.8. The van der Waals surface area contributed by atoms with Crippen LogP contribution in [-0.2, 0) is 9.82 Å². The Balaban J connectivity index is 0.00000208. The highest BCUT2D eigenvalue weighted by Crippen LogP contribution is 2.38. The second kappa shape index (κ2) is 9.14. The van der Waals surface area contributed by atoms with Crippen LogP contribution < -0.4 is 24.0 Å². The maximum absolute atomic E-state index is 5.27. The topological polar surface area (TPSA) is 12.4 Å². The van der Waals surface area contributed by atoms with Gasteiger partial charge in [-0.1, -0.05) is 61.5 Å². The van der Waals surface area contributed by atoms with E-state index in [0.29, 0.717) is 0 Å². The van der Waals surface area contributed by atoms with Gasteiger partial charge >= 0.3 is 0 Å². The first kappa shape index (κ1) is 18.9. The quantitative estimate of drug-likeness (QED) is 0.422. The fourth-order valence-electron chi connectivity index (χ4n) is 2.71. The predicted octanol–water partition coefficient (Wildman–Crippen LogP) is 2.92. The normalized spacial score (nSPS) is 10.7. The van der Waals surface area contributed by atoms with E-state index in [4.69, 9.17) is 4.36 Å². The van der Waals surface area contributed by atoms with Gasteiger partial charge in [0.15, 0.2) is 0 Å². The van der Waals surface area contributed by atoms with E-state index < -0.39 is 9.82 Å². The van der Waals surface area contributed by atoms with Crippen LogP contribution in [0.1, 0.15) is 13.3 Å². The molecule has 24 heavy (non-hydrogen) atoms. The van der Waals surface area contributed by atoms with Crippen molar-refractivity contribution in [1.29, 1.82) is 0 Å². The van der Waals surface area contributed by atoms with Gasteiger partial charge < -0.3 is 24.0 Å². The molecule has 0 atom stereocenters. The third kappa shape index (κ3) is 3.78. The Hall–Kier alpha value is -1.46. The second-order valence-corrected chi connectivity index (χ2v) is 8.20. The van der Waals surface area contributed by atoms with E-state index in [-0.39, 0.29) is 24.0 Å². The van der Waals surface area contributed by atoms with E-state index in [1.165, 1.54) is 14.7 Å². The molecule has 0 amide bonds. The largest absolute Gasteiger partial charge is 1.00 e. The maximum atomic E-state index is 5.27. The summed E-state index contributed by atoms with van der Waals surface area (Å²) < 4.78 is 5.27. The van der Waals surface area contributed by atoms with Crippen LogP contribution in [0.25, 0.3) is 0 Å². The molecule has 3 aromatic carbocycles. The molecule has 0 fully saturated rings. The first-order valence-corrected chi connectivity index (χ1v) is 9.64. The number of hydrogen-bond acceptors (Lipinski definition) is 1. The lowest BCUT2D eigenvalue weighted by Gasteiger charge is -2.19. The monoisotopic (exact) mass is 447 g/mol. The van der Waals surface area contributed by atoms with Gasteiger partial charge in [-0.2, -0.15) is 0 Å². The number of rotatable bonds is 5. The molecule has 0 unspecified atom stereocenters. The molecule has 3 heteroatoms. The summed E-state index contributed by atoms with van der Waals surface area (Å²) in [4.78, 5) is 3.89. The lowest BCUT2D eigenvalue weighted by atomic mass is 10.4. The first-order chi connectivity index (χ1) is 11.4. The van der Waals surface area contributed by atoms with Crippen LogP contribution >= 0.6 is 0 Å². The van der Waals surface area contributed by atoms with Gasteiger partial charge in [-0.15, -0.1) is 4.36 Å². The van der Waals surface area contributed by atoms with E-state index in [9.17, 15) is 0 Å². The Kier molecular flexibility index (Phi) is 7.18. The average molecular weight is 447 g/mol. The number of halogens is 1. The fourth-order valence-corrected chi connectivity index (χ4v) is 6.09. The van der Waals surface area contributed by atoms with Gasteiger partial charge in [0.2, 0.25) is 0 Å². The van der Waals surface area contributed by atoms with Gasteiger partial charge in [0.1, 0.15) is 14.7 Å². The number of nitrogens with zero attached hydrogens (tertiary/aromatic N) is 1. The molecular formula is C21H22INS. The van der Waals surface area contributed by atoms with Crippen molar-refractivity contribution in [3.8, 4) is 0 Å². The molecule has 0 aliphatic rings. The average Bonchev–Trinajstić information content (AvgIpc) is 2.65. The van der Waals surface area contributed by atoms with Gasteiger partial charge in [0.05, 0.1) is 16.4 Å². The van der Waals surface area contributed by atoms with Crippen molar-refractivity contribution in [2.24, 2.45) is 4.36 Å². The summed E-state index contributed by atoms with van der Waals surface area (Å²) in [7, 11) is -1.57. The molecule has 1 nitrogen and oxygen atoms in total. The van der Waals surface area contributed by atoms with Gasteiger partial charge in [0, 0.05) is 0 Å². The van der Waals surface area contributed by atoms with Crippen molar-refractivity contribution in [1.82, 2.24) is 0 Å². The van der Waals surface area contributed by atoms with Crippen LogP contribution in [0.5, 0.6) is 0 Å². The van der Waals surface area contributed by atoms with Gasteiger partial charge in [-0.05, 0) is 42.8 Å². The Morgan fingerprint density at radius 3 is 1.25 bits per heavy atom. The molecule has 124 valence electrons. The molecule has 0 bridgehead atoms. The van der Waals surface area contributed by atoms with Crippen molar-refractivity contribution in [3.05, 3.63) is 91.0 Å². The summed E-state index contributed by atoms with van der Waals surface area (Å²) in [6.07, 6.45) is 1.06. The second-order valence-electron chi connectivity index (χ2n) is 5.37. The third-order valence-corrected chi connectivity index (χ3v) is 7.19. The molecule has 0 aliphatic heterocycles. The van der Waals surface area contributed by atoms with Crippen molar-refractivity contribution in [2.45, 2.75) is 28.0 Å². The molecule has 3 rings (SSSR count). The van der Waals surface area contributed by atoms with Crippen LogP contribution in [0.15, 0.2) is 110 Å². The minimum absolute atomic E-state index is 0. The molecular weight excluding hydrogens is 425 g/mol. The lowest BCUT2D eigenvalue weighted by Crippen LogP contribution is -3.00. The minimum Gasteiger partial charge on any atom is -1.00 e. The highest BCUT2D eigenvalue weighted by atomic mass is 127. The summed E-state index contributed by atoms with van der Waals surface area (Å²) in [5.74, 6) is 0. The Morgan fingerprint density at radius 1 is 0.625 bits per heavy atom. The smallest absolute Gasteiger partial charge is 0.149 e. The van der Waals surface area contributed by atoms with E-state index in [2.05, 4.69) is 97.9 Å². The van der Waals surface area contributed by atoms with Crippen LogP contribution in [-0.4, -0.2) is 6.54 Å². The predicted molar refractivity (Wildman–Crippen MR) is 99.1 cm³/mol. The fraction of sp³-hybridized carbons (Fsp3) is 0.143. The Labute approximate surface area is 163 Å². The van der Waals surface area contributed by atoms with Crippen LogP contribution in [0, 0.1) is 0 Å². The molecule has 0 heterocycles.